The molecule has 1 N–H and O–H groups in total. The molecule has 1 aliphatic rings. The van der Waals surface area contributed by atoms with Gasteiger partial charge in [-0.2, -0.15) is 0 Å². The molecule has 0 bridgehead atoms. The molecule has 0 saturated carbocycles. The van der Waals surface area contributed by atoms with Crippen molar-refractivity contribution in [3.8, 4) is 0 Å². The summed E-state index contributed by atoms with van der Waals surface area (Å²) in [6, 6.07) is 0. The van der Waals surface area contributed by atoms with Crippen LogP contribution in [0.1, 0.15) is 33.6 Å². The number of thioether (sulfide) groups is 1. The lowest BCUT2D eigenvalue weighted by atomic mass is 10.2. The molecule has 0 aromatic heterocycles. The first-order chi connectivity index (χ1) is 8.52. The molecular weight excluding hydrogens is 252 g/mol. The smallest absolute Gasteiger partial charge is 0.305 e. The molecule has 0 aromatic carbocycles. The van der Waals surface area contributed by atoms with E-state index < -0.39 is 0 Å². The predicted molar refractivity (Wildman–Crippen MR) is 72.5 cm³/mol. The topological polar surface area (TPSA) is 67.8 Å². The molecule has 1 fully saturated rings. The molecular formula is C12H20N2O3S. The van der Waals surface area contributed by atoms with E-state index >= 15 is 0 Å². The quantitative estimate of drug-likeness (QED) is 0.745. The van der Waals surface area contributed by atoms with Gasteiger partial charge in [0.15, 0.2) is 5.17 Å². The van der Waals surface area contributed by atoms with Crippen molar-refractivity contribution >= 4 is 28.8 Å². The number of hydrogen-bond donors (Lipinski definition) is 1. The molecule has 1 heterocycles. The van der Waals surface area contributed by atoms with Gasteiger partial charge in [-0.25, -0.2) is 0 Å². The van der Waals surface area contributed by atoms with Crippen molar-refractivity contribution in [2.75, 3.05) is 13.2 Å². The molecule has 102 valence electrons. The van der Waals surface area contributed by atoms with Crippen LogP contribution in [-0.2, 0) is 14.3 Å². The number of rotatable bonds is 6. The minimum absolute atomic E-state index is 0.0631. The van der Waals surface area contributed by atoms with E-state index in [0.29, 0.717) is 30.7 Å². The normalized spacial score (nSPS) is 21.4. The average molecular weight is 272 g/mol. The average Bonchev–Trinajstić information content (AvgIpc) is 2.65. The van der Waals surface area contributed by atoms with Gasteiger partial charge in [-0.15, -0.1) is 0 Å². The molecule has 0 aliphatic carbocycles. The highest BCUT2D eigenvalue weighted by Crippen LogP contribution is 2.23. The van der Waals surface area contributed by atoms with E-state index in [9.17, 15) is 9.59 Å². The monoisotopic (exact) mass is 272 g/mol. The van der Waals surface area contributed by atoms with Gasteiger partial charge in [0, 0.05) is 13.0 Å². The minimum Gasteiger partial charge on any atom is -0.466 e. The molecule has 1 unspecified atom stereocenters. The lowest BCUT2D eigenvalue weighted by molar-refractivity contribution is -0.143. The van der Waals surface area contributed by atoms with Crippen molar-refractivity contribution in [3.63, 3.8) is 0 Å². The van der Waals surface area contributed by atoms with Crippen LogP contribution in [0.4, 0.5) is 0 Å². The van der Waals surface area contributed by atoms with Gasteiger partial charge in [0.2, 0.25) is 5.91 Å². The Bertz CT molecular complexity index is 342. The molecule has 18 heavy (non-hydrogen) atoms. The fraction of sp³-hybridized carbons (Fsp3) is 0.750. The zero-order chi connectivity index (χ0) is 13.5. The molecule has 0 aromatic rings. The van der Waals surface area contributed by atoms with Gasteiger partial charge in [0.1, 0.15) is 0 Å². The van der Waals surface area contributed by atoms with Gasteiger partial charge in [-0.1, -0.05) is 25.6 Å². The summed E-state index contributed by atoms with van der Waals surface area (Å²) in [6.45, 7) is 7.00. The van der Waals surface area contributed by atoms with Crippen molar-refractivity contribution in [2.24, 2.45) is 10.9 Å². The van der Waals surface area contributed by atoms with E-state index in [0.717, 1.165) is 0 Å². The zero-order valence-corrected chi connectivity index (χ0v) is 11.9. The van der Waals surface area contributed by atoms with Crippen LogP contribution in [0.5, 0.6) is 0 Å². The number of ether oxygens (including phenoxy) is 1. The highest BCUT2D eigenvalue weighted by Gasteiger charge is 2.30. The Hall–Kier alpha value is -1.04. The number of amides is 1. The molecule has 1 saturated heterocycles. The van der Waals surface area contributed by atoms with E-state index in [-0.39, 0.29) is 23.5 Å². The first kappa shape index (κ1) is 15.0. The number of amidine groups is 1. The van der Waals surface area contributed by atoms with Gasteiger partial charge >= 0.3 is 5.97 Å². The lowest BCUT2D eigenvalue weighted by Crippen LogP contribution is -2.25. The SMILES string of the molecule is CCOC(=O)CCC1SC(=NCC(C)C)NC1=O. The standard InChI is InChI=1S/C12H20N2O3S/c1-4-17-10(15)6-5-9-11(16)14-12(18-9)13-7-8(2)3/h8-9H,4-7H2,1-3H3,(H,13,14,16). The van der Waals surface area contributed by atoms with Crippen LogP contribution < -0.4 is 5.32 Å². The van der Waals surface area contributed by atoms with E-state index in [4.69, 9.17) is 4.74 Å². The van der Waals surface area contributed by atoms with E-state index in [1.165, 1.54) is 11.8 Å². The molecule has 1 rings (SSSR count). The van der Waals surface area contributed by atoms with Crippen LogP contribution in [0.15, 0.2) is 4.99 Å². The number of carbonyl (C=O) groups is 2. The summed E-state index contributed by atoms with van der Waals surface area (Å²) in [4.78, 5) is 27.2. The number of nitrogens with zero attached hydrogens (tertiary/aromatic N) is 1. The third-order valence-corrected chi connectivity index (χ3v) is 3.48. The summed E-state index contributed by atoms with van der Waals surface area (Å²) >= 11 is 1.40. The van der Waals surface area contributed by atoms with Gasteiger partial charge in [-0.3, -0.25) is 14.6 Å². The molecule has 0 spiro atoms. The van der Waals surface area contributed by atoms with Crippen molar-refractivity contribution in [1.82, 2.24) is 5.32 Å². The summed E-state index contributed by atoms with van der Waals surface area (Å²) in [5, 5.41) is 3.18. The number of carbonyl (C=O) groups excluding carboxylic acids is 2. The molecule has 6 heteroatoms. The molecule has 1 amide bonds. The van der Waals surface area contributed by atoms with Crippen LogP contribution in [0.25, 0.3) is 0 Å². The van der Waals surface area contributed by atoms with Crippen molar-refractivity contribution in [3.05, 3.63) is 0 Å². The van der Waals surface area contributed by atoms with Crippen molar-refractivity contribution in [2.45, 2.75) is 38.9 Å². The molecule has 1 atom stereocenters. The van der Waals surface area contributed by atoms with Crippen LogP contribution in [0.2, 0.25) is 0 Å². The first-order valence-electron chi connectivity index (χ1n) is 6.20. The minimum atomic E-state index is -0.251. The van der Waals surface area contributed by atoms with E-state index in [1.54, 1.807) is 6.92 Å². The Labute approximate surface area is 112 Å². The van der Waals surface area contributed by atoms with Crippen LogP contribution in [-0.4, -0.2) is 35.4 Å². The molecule has 5 nitrogen and oxygen atoms in total. The Morgan fingerprint density at radius 1 is 1.56 bits per heavy atom. The second-order valence-electron chi connectivity index (χ2n) is 4.48. The Morgan fingerprint density at radius 2 is 2.28 bits per heavy atom. The number of hydrogen-bond acceptors (Lipinski definition) is 5. The zero-order valence-electron chi connectivity index (χ0n) is 11.1. The maximum absolute atomic E-state index is 11.6. The largest absolute Gasteiger partial charge is 0.466 e. The number of nitrogens with one attached hydrogen (secondary N) is 1. The van der Waals surface area contributed by atoms with Crippen LogP contribution >= 0.6 is 11.8 Å². The van der Waals surface area contributed by atoms with Gasteiger partial charge in [0.05, 0.1) is 11.9 Å². The highest BCUT2D eigenvalue weighted by atomic mass is 32.2. The highest BCUT2D eigenvalue weighted by molar-refractivity contribution is 8.15. The fourth-order valence-electron chi connectivity index (χ4n) is 1.42. The fourth-order valence-corrected chi connectivity index (χ4v) is 2.40. The summed E-state index contributed by atoms with van der Waals surface area (Å²) < 4.78 is 4.83. The molecule has 1 aliphatic heterocycles. The van der Waals surface area contributed by atoms with Gasteiger partial charge < -0.3 is 10.1 Å². The predicted octanol–water partition coefficient (Wildman–Crippen LogP) is 1.57. The van der Waals surface area contributed by atoms with E-state index in [1.807, 2.05) is 0 Å². The van der Waals surface area contributed by atoms with Gasteiger partial charge in [0.25, 0.3) is 0 Å². The number of esters is 1. The molecule has 0 radical (unpaired) electrons. The van der Waals surface area contributed by atoms with Crippen molar-refractivity contribution < 1.29 is 14.3 Å². The van der Waals surface area contributed by atoms with Crippen LogP contribution in [0.3, 0.4) is 0 Å². The first-order valence-corrected chi connectivity index (χ1v) is 7.08. The maximum atomic E-state index is 11.6. The summed E-state index contributed by atoms with van der Waals surface area (Å²) in [6.07, 6.45) is 0.770. The summed E-state index contributed by atoms with van der Waals surface area (Å²) in [5.74, 6) is 0.152. The second kappa shape index (κ2) is 7.41. The Balaban J connectivity index is 2.38. The van der Waals surface area contributed by atoms with Crippen molar-refractivity contribution in [1.29, 1.82) is 0 Å². The lowest BCUT2D eigenvalue weighted by Gasteiger charge is -2.04. The summed E-state index contributed by atoms with van der Waals surface area (Å²) in [5.41, 5.74) is 0. The summed E-state index contributed by atoms with van der Waals surface area (Å²) in [7, 11) is 0. The van der Waals surface area contributed by atoms with Crippen LogP contribution in [0, 0.1) is 5.92 Å². The third kappa shape index (κ3) is 5.08. The third-order valence-electron chi connectivity index (χ3n) is 2.29. The number of aliphatic imine (C=N–C) groups is 1. The maximum Gasteiger partial charge on any atom is 0.305 e. The van der Waals surface area contributed by atoms with E-state index in [2.05, 4.69) is 24.2 Å². The Morgan fingerprint density at radius 3 is 2.89 bits per heavy atom. The van der Waals surface area contributed by atoms with Gasteiger partial charge in [-0.05, 0) is 19.3 Å². The Kier molecular flexibility index (Phi) is 6.18. The second-order valence-corrected chi connectivity index (χ2v) is 5.67.